The zero-order valence-electron chi connectivity index (χ0n) is 12.2. The summed E-state index contributed by atoms with van der Waals surface area (Å²) < 4.78 is 13.2. The second kappa shape index (κ2) is 8.28. The van der Waals surface area contributed by atoms with E-state index in [1.54, 1.807) is 11.8 Å². The van der Waals surface area contributed by atoms with Gasteiger partial charge in [0, 0.05) is 29.7 Å². The van der Waals surface area contributed by atoms with Crippen molar-refractivity contribution in [2.24, 2.45) is 0 Å². The van der Waals surface area contributed by atoms with Gasteiger partial charge in [-0.25, -0.2) is 0 Å². The summed E-state index contributed by atoms with van der Waals surface area (Å²) in [4.78, 5) is 21.7. The van der Waals surface area contributed by atoms with E-state index < -0.39 is 22.3 Å². The summed E-state index contributed by atoms with van der Waals surface area (Å²) in [7, 11) is 0. The Morgan fingerprint density at radius 3 is 2.65 bits per heavy atom. The average Bonchev–Trinajstić information content (AvgIpc) is 2.55. The zero-order chi connectivity index (χ0) is 16.7. The lowest BCUT2D eigenvalue weighted by molar-refractivity contribution is -0.387. The van der Waals surface area contributed by atoms with E-state index in [4.69, 9.17) is 0 Å². The van der Waals surface area contributed by atoms with Crippen LogP contribution in [0.1, 0.15) is 15.9 Å². The molecular formula is C16H15FN2O3S. The number of halogens is 1. The summed E-state index contributed by atoms with van der Waals surface area (Å²) in [5, 5.41) is 13.3. The number of hydrogen-bond donors (Lipinski definition) is 1. The van der Waals surface area contributed by atoms with E-state index in [2.05, 4.69) is 5.32 Å². The van der Waals surface area contributed by atoms with E-state index in [1.807, 2.05) is 30.3 Å². The third kappa shape index (κ3) is 5.07. The van der Waals surface area contributed by atoms with E-state index in [9.17, 15) is 19.3 Å². The fourth-order valence-electron chi connectivity index (χ4n) is 1.90. The molecule has 23 heavy (non-hydrogen) atoms. The van der Waals surface area contributed by atoms with E-state index >= 15 is 0 Å². The standard InChI is InChI=1S/C16H15FN2O3S/c17-14-7-6-13(10-15(14)19(21)22)16(20)18-8-9-23-11-12-4-2-1-3-5-12/h1-7,10H,8-9,11H2,(H,18,20). The van der Waals surface area contributed by atoms with Gasteiger partial charge >= 0.3 is 5.69 Å². The van der Waals surface area contributed by atoms with Gasteiger partial charge in [-0.2, -0.15) is 16.2 Å². The first-order valence-electron chi connectivity index (χ1n) is 6.92. The first-order valence-corrected chi connectivity index (χ1v) is 8.07. The van der Waals surface area contributed by atoms with Crippen LogP contribution in [0.15, 0.2) is 48.5 Å². The number of nitro groups is 1. The fraction of sp³-hybridized carbons (Fsp3) is 0.188. The molecule has 1 N–H and O–H groups in total. The Hall–Kier alpha value is -2.41. The second-order valence-corrected chi connectivity index (χ2v) is 5.82. The normalized spacial score (nSPS) is 10.3. The van der Waals surface area contributed by atoms with Crippen molar-refractivity contribution in [1.29, 1.82) is 0 Å². The first-order chi connectivity index (χ1) is 11.1. The predicted molar refractivity (Wildman–Crippen MR) is 88.0 cm³/mol. The minimum Gasteiger partial charge on any atom is -0.351 e. The number of nitrogens with zero attached hydrogens (tertiary/aromatic N) is 1. The smallest absolute Gasteiger partial charge is 0.305 e. The van der Waals surface area contributed by atoms with Crippen molar-refractivity contribution in [2.75, 3.05) is 12.3 Å². The van der Waals surface area contributed by atoms with Gasteiger partial charge in [0.2, 0.25) is 5.82 Å². The van der Waals surface area contributed by atoms with Crippen LogP contribution in [0.5, 0.6) is 0 Å². The van der Waals surface area contributed by atoms with E-state index in [0.717, 1.165) is 17.9 Å². The third-order valence-electron chi connectivity index (χ3n) is 3.05. The second-order valence-electron chi connectivity index (χ2n) is 4.72. The lowest BCUT2D eigenvalue weighted by atomic mass is 10.2. The Morgan fingerprint density at radius 2 is 1.96 bits per heavy atom. The first kappa shape index (κ1) is 17.0. The number of nitrogens with one attached hydrogen (secondary N) is 1. The molecule has 7 heteroatoms. The van der Waals surface area contributed by atoms with E-state index in [-0.39, 0.29) is 5.56 Å². The van der Waals surface area contributed by atoms with Gasteiger partial charge in [-0.05, 0) is 17.7 Å². The number of rotatable bonds is 7. The SMILES string of the molecule is O=C(NCCSCc1ccccc1)c1ccc(F)c([N+](=O)[O-])c1. The van der Waals surface area contributed by atoms with Crippen LogP contribution < -0.4 is 5.32 Å². The lowest BCUT2D eigenvalue weighted by Crippen LogP contribution is -2.25. The highest BCUT2D eigenvalue weighted by atomic mass is 32.2. The lowest BCUT2D eigenvalue weighted by Gasteiger charge is -2.06. The maximum Gasteiger partial charge on any atom is 0.305 e. The summed E-state index contributed by atoms with van der Waals surface area (Å²) in [5.41, 5.74) is 0.584. The van der Waals surface area contributed by atoms with Crippen molar-refractivity contribution in [3.63, 3.8) is 0 Å². The van der Waals surface area contributed by atoms with Crippen LogP contribution in [0.25, 0.3) is 0 Å². The van der Waals surface area contributed by atoms with Gasteiger partial charge in [-0.15, -0.1) is 0 Å². The molecule has 0 aromatic heterocycles. The summed E-state index contributed by atoms with van der Waals surface area (Å²) >= 11 is 1.67. The molecule has 0 aliphatic rings. The number of carbonyl (C=O) groups excluding carboxylic acids is 1. The number of carbonyl (C=O) groups is 1. The molecule has 0 unspecified atom stereocenters. The predicted octanol–water partition coefficient (Wildman–Crippen LogP) is 3.40. The summed E-state index contributed by atoms with van der Waals surface area (Å²) in [6.45, 7) is 0.432. The molecule has 0 atom stereocenters. The third-order valence-corrected chi connectivity index (χ3v) is 4.08. The molecule has 0 heterocycles. The molecule has 120 valence electrons. The van der Waals surface area contributed by atoms with Crippen molar-refractivity contribution in [2.45, 2.75) is 5.75 Å². The van der Waals surface area contributed by atoms with Crippen LogP contribution in [0.2, 0.25) is 0 Å². The molecule has 0 bridgehead atoms. The molecule has 0 aliphatic carbocycles. The van der Waals surface area contributed by atoms with Gasteiger partial charge < -0.3 is 5.32 Å². The minimum absolute atomic E-state index is 0.0751. The summed E-state index contributed by atoms with van der Waals surface area (Å²) in [6, 6.07) is 13.1. The molecule has 0 spiro atoms. The minimum atomic E-state index is -0.954. The van der Waals surface area contributed by atoms with E-state index in [1.165, 1.54) is 11.6 Å². The van der Waals surface area contributed by atoms with Gasteiger partial charge in [0.1, 0.15) is 0 Å². The van der Waals surface area contributed by atoms with Crippen LogP contribution in [-0.4, -0.2) is 23.1 Å². The van der Waals surface area contributed by atoms with Gasteiger partial charge in [0.15, 0.2) is 0 Å². The van der Waals surface area contributed by atoms with Crippen molar-refractivity contribution in [1.82, 2.24) is 5.32 Å². The topological polar surface area (TPSA) is 72.2 Å². The summed E-state index contributed by atoms with van der Waals surface area (Å²) in [5.74, 6) is 0.154. The van der Waals surface area contributed by atoms with Crippen LogP contribution in [0, 0.1) is 15.9 Å². The average molecular weight is 334 g/mol. The number of thioether (sulfide) groups is 1. The van der Waals surface area contributed by atoms with Gasteiger partial charge in [-0.3, -0.25) is 14.9 Å². The molecule has 5 nitrogen and oxygen atoms in total. The number of hydrogen-bond acceptors (Lipinski definition) is 4. The molecular weight excluding hydrogens is 319 g/mol. The van der Waals surface area contributed by atoms with Crippen molar-refractivity contribution in [3.05, 3.63) is 75.6 Å². The quantitative estimate of drug-likeness (QED) is 0.478. The molecule has 0 saturated carbocycles. The van der Waals surface area contributed by atoms with Crippen molar-refractivity contribution >= 4 is 23.4 Å². The monoisotopic (exact) mass is 334 g/mol. The largest absolute Gasteiger partial charge is 0.351 e. The highest BCUT2D eigenvalue weighted by Gasteiger charge is 2.17. The fourth-order valence-corrected chi connectivity index (χ4v) is 2.72. The molecule has 0 radical (unpaired) electrons. The van der Waals surface area contributed by atoms with Crippen molar-refractivity contribution < 1.29 is 14.1 Å². The van der Waals surface area contributed by atoms with Gasteiger partial charge in [-0.1, -0.05) is 30.3 Å². The van der Waals surface area contributed by atoms with Crippen molar-refractivity contribution in [3.8, 4) is 0 Å². The molecule has 1 amide bonds. The van der Waals surface area contributed by atoms with Crippen LogP contribution in [-0.2, 0) is 5.75 Å². The van der Waals surface area contributed by atoms with E-state index in [0.29, 0.717) is 12.3 Å². The molecule has 2 rings (SSSR count). The Balaban J connectivity index is 1.79. The van der Waals surface area contributed by atoms with Gasteiger partial charge in [0.05, 0.1) is 4.92 Å². The Morgan fingerprint density at radius 1 is 1.22 bits per heavy atom. The Bertz CT molecular complexity index is 695. The molecule has 2 aromatic carbocycles. The maximum absolute atomic E-state index is 13.2. The summed E-state index contributed by atoms with van der Waals surface area (Å²) in [6.07, 6.45) is 0. The van der Waals surface area contributed by atoms with Crippen LogP contribution in [0.3, 0.4) is 0 Å². The molecule has 0 aliphatic heterocycles. The van der Waals surface area contributed by atoms with Crippen LogP contribution >= 0.6 is 11.8 Å². The number of amides is 1. The number of nitro benzene ring substituents is 1. The molecule has 0 fully saturated rings. The Kier molecular flexibility index (Phi) is 6.10. The molecule has 0 saturated heterocycles. The maximum atomic E-state index is 13.2. The molecule has 2 aromatic rings. The van der Waals surface area contributed by atoms with Crippen LogP contribution in [0.4, 0.5) is 10.1 Å². The Labute approximate surface area is 137 Å². The zero-order valence-corrected chi connectivity index (χ0v) is 13.0. The highest BCUT2D eigenvalue weighted by molar-refractivity contribution is 7.98. The highest BCUT2D eigenvalue weighted by Crippen LogP contribution is 2.18. The number of benzene rings is 2. The van der Waals surface area contributed by atoms with Gasteiger partial charge in [0.25, 0.3) is 5.91 Å².